The molecular weight excluding hydrogens is 206 g/mol. The van der Waals surface area contributed by atoms with E-state index in [4.69, 9.17) is 0 Å². The van der Waals surface area contributed by atoms with Crippen LogP contribution in [0, 0.1) is 6.92 Å². The molecule has 0 aliphatic heterocycles. The monoisotopic (exact) mass is 233 g/mol. The molecule has 0 aliphatic carbocycles. The Morgan fingerprint density at radius 1 is 1.12 bits per heavy atom. The van der Waals surface area contributed by atoms with E-state index in [0.29, 0.717) is 5.92 Å². The molecule has 1 aromatic carbocycles. The minimum atomic E-state index is 0.205. The molecule has 0 aromatic heterocycles. The standard InChI is InChI=1S/C16H27N/c1-6-7-15(12-17-16(3,4)5)14-10-8-13(2)9-11-14/h8-11,15,17H,6-7,12H2,1-5H3. The molecule has 96 valence electrons. The molecule has 0 fully saturated rings. The van der Waals surface area contributed by atoms with E-state index in [9.17, 15) is 0 Å². The van der Waals surface area contributed by atoms with E-state index in [0.717, 1.165) is 6.54 Å². The highest BCUT2D eigenvalue weighted by molar-refractivity contribution is 5.24. The van der Waals surface area contributed by atoms with Gasteiger partial charge in [-0.15, -0.1) is 0 Å². The Morgan fingerprint density at radius 3 is 2.18 bits per heavy atom. The van der Waals surface area contributed by atoms with Crippen LogP contribution in [-0.4, -0.2) is 12.1 Å². The fraction of sp³-hybridized carbons (Fsp3) is 0.625. The molecule has 0 saturated heterocycles. The summed E-state index contributed by atoms with van der Waals surface area (Å²) in [4.78, 5) is 0. The minimum absolute atomic E-state index is 0.205. The minimum Gasteiger partial charge on any atom is -0.311 e. The molecule has 0 aliphatic rings. The lowest BCUT2D eigenvalue weighted by Gasteiger charge is -2.25. The van der Waals surface area contributed by atoms with Crippen molar-refractivity contribution in [3.63, 3.8) is 0 Å². The van der Waals surface area contributed by atoms with Crippen molar-refractivity contribution < 1.29 is 0 Å². The molecule has 17 heavy (non-hydrogen) atoms. The summed E-state index contributed by atoms with van der Waals surface area (Å²) in [5, 5.41) is 3.62. The Balaban J connectivity index is 2.68. The first-order chi connectivity index (χ1) is 7.92. The Bertz CT molecular complexity index is 318. The van der Waals surface area contributed by atoms with E-state index in [2.05, 4.69) is 64.2 Å². The number of nitrogens with one attached hydrogen (secondary N) is 1. The topological polar surface area (TPSA) is 12.0 Å². The first-order valence-electron chi connectivity index (χ1n) is 6.74. The van der Waals surface area contributed by atoms with Crippen molar-refractivity contribution in [2.75, 3.05) is 6.54 Å². The van der Waals surface area contributed by atoms with Crippen LogP contribution < -0.4 is 5.32 Å². The maximum Gasteiger partial charge on any atom is 0.00967 e. The van der Waals surface area contributed by atoms with Gasteiger partial charge in [0.1, 0.15) is 0 Å². The highest BCUT2D eigenvalue weighted by Gasteiger charge is 2.15. The smallest absolute Gasteiger partial charge is 0.00967 e. The van der Waals surface area contributed by atoms with Crippen LogP contribution in [0.5, 0.6) is 0 Å². The van der Waals surface area contributed by atoms with E-state index in [1.54, 1.807) is 0 Å². The number of hydrogen-bond acceptors (Lipinski definition) is 1. The average Bonchev–Trinajstić information content (AvgIpc) is 2.24. The fourth-order valence-corrected chi connectivity index (χ4v) is 2.00. The predicted octanol–water partition coefficient (Wildman–Crippen LogP) is 4.27. The zero-order valence-electron chi connectivity index (χ0n) is 12.0. The molecule has 1 aromatic rings. The lowest BCUT2D eigenvalue weighted by Crippen LogP contribution is -2.38. The van der Waals surface area contributed by atoms with Gasteiger partial charge in [-0.3, -0.25) is 0 Å². The van der Waals surface area contributed by atoms with Crippen LogP contribution in [0.3, 0.4) is 0 Å². The maximum atomic E-state index is 3.62. The second kappa shape index (κ2) is 6.20. The number of rotatable bonds is 5. The first kappa shape index (κ1) is 14.2. The summed E-state index contributed by atoms with van der Waals surface area (Å²) in [6.07, 6.45) is 2.50. The maximum absolute atomic E-state index is 3.62. The summed E-state index contributed by atoms with van der Waals surface area (Å²) in [6.45, 7) is 12.2. The van der Waals surface area contributed by atoms with Crippen molar-refractivity contribution >= 4 is 0 Å². The van der Waals surface area contributed by atoms with Gasteiger partial charge in [0.2, 0.25) is 0 Å². The van der Waals surface area contributed by atoms with Gasteiger partial charge in [0.25, 0.3) is 0 Å². The summed E-state index contributed by atoms with van der Waals surface area (Å²) in [6, 6.07) is 8.99. The number of aryl methyl sites for hydroxylation is 1. The van der Waals surface area contributed by atoms with Crippen LogP contribution in [0.25, 0.3) is 0 Å². The summed E-state index contributed by atoms with van der Waals surface area (Å²) in [5.74, 6) is 0.639. The van der Waals surface area contributed by atoms with E-state index in [-0.39, 0.29) is 5.54 Å². The zero-order chi connectivity index (χ0) is 12.9. The van der Waals surface area contributed by atoms with Crippen LogP contribution in [-0.2, 0) is 0 Å². The lowest BCUT2D eigenvalue weighted by molar-refractivity contribution is 0.398. The molecule has 1 atom stereocenters. The molecule has 0 amide bonds. The molecule has 1 unspecified atom stereocenters. The quantitative estimate of drug-likeness (QED) is 0.801. The van der Waals surface area contributed by atoms with Crippen LogP contribution >= 0.6 is 0 Å². The van der Waals surface area contributed by atoms with Gasteiger partial charge in [0.15, 0.2) is 0 Å². The summed E-state index contributed by atoms with van der Waals surface area (Å²) in [5.41, 5.74) is 3.01. The van der Waals surface area contributed by atoms with Crippen molar-refractivity contribution in [1.29, 1.82) is 0 Å². The third kappa shape index (κ3) is 5.36. The Kier molecular flexibility index (Phi) is 5.20. The van der Waals surface area contributed by atoms with Gasteiger partial charge in [-0.05, 0) is 45.6 Å². The van der Waals surface area contributed by atoms with Gasteiger partial charge >= 0.3 is 0 Å². The summed E-state index contributed by atoms with van der Waals surface area (Å²) >= 11 is 0. The zero-order valence-corrected chi connectivity index (χ0v) is 12.0. The van der Waals surface area contributed by atoms with Crippen molar-refractivity contribution in [3.05, 3.63) is 35.4 Å². The second-order valence-corrected chi connectivity index (χ2v) is 6.03. The van der Waals surface area contributed by atoms with E-state index in [1.165, 1.54) is 24.0 Å². The Morgan fingerprint density at radius 2 is 1.71 bits per heavy atom. The van der Waals surface area contributed by atoms with Gasteiger partial charge in [-0.25, -0.2) is 0 Å². The molecule has 1 heteroatoms. The van der Waals surface area contributed by atoms with Crippen molar-refractivity contribution in [2.45, 2.75) is 58.9 Å². The van der Waals surface area contributed by atoms with Crippen molar-refractivity contribution in [3.8, 4) is 0 Å². The molecule has 1 nitrogen and oxygen atoms in total. The van der Waals surface area contributed by atoms with Gasteiger partial charge in [-0.1, -0.05) is 43.2 Å². The number of hydrogen-bond donors (Lipinski definition) is 1. The molecule has 1 N–H and O–H groups in total. The van der Waals surface area contributed by atoms with Gasteiger partial charge < -0.3 is 5.32 Å². The van der Waals surface area contributed by atoms with Gasteiger partial charge in [-0.2, -0.15) is 0 Å². The Labute approximate surface area is 107 Å². The highest BCUT2D eigenvalue weighted by Crippen LogP contribution is 2.21. The van der Waals surface area contributed by atoms with Crippen LogP contribution in [0.4, 0.5) is 0 Å². The summed E-state index contributed by atoms with van der Waals surface area (Å²) < 4.78 is 0. The van der Waals surface area contributed by atoms with Crippen LogP contribution in [0.2, 0.25) is 0 Å². The molecule has 1 rings (SSSR count). The molecule has 0 saturated carbocycles. The SMILES string of the molecule is CCCC(CNC(C)(C)C)c1ccc(C)cc1. The average molecular weight is 233 g/mol. The normalized spacial score (nSPS) is 13.7. The van der Waals surface area contributed by atoms with Crippen molar-refractivity contribution in [1.82, 2.24) is 5.32 Å². The third-order valence-electron chi connectivity index (χ3n) is 3.06. The number of benzene rings is 1. The van der Waals surface area contributed by atoms with Crippen LogP contribution in [0.15, 0.2) is 24.3 Å². The van der Waals surface area contributed by atoms with Gasteiger partial charge in [0.05, 0.1) is 0 Å². The third-order valence-corrected chi connectivity index (χ3v) is 3.06. The van der Waals surface area contributed by atoms with Crippen molar-refractivity contribution in [2.24, 2.45) is 0 Å². The van der Waals surface area contributed by atoms with Gasteiger partial charge in [0, 0.05) is 12.1 Å². The molecular formula is C16H27N. The Hall–Kier alpha value is -0.820. The second-order valence-electron chi connectivity index (χ2n) is 6.03. The molecule has 0 spiro atoms. The largest absolute Gasteiger partial charge is 0.311 e. The van der Waals surface area contributed by atoms with E-state index in [1.807, 2.05) is 0 Å². The molecule has 0 bridgehead atoms. The first-order valence-corrected chi connectivity index (χ1v) is 6.74. The molecule has 0 heterocycles. The van der Waals surface area contributed by atoms with Crippen LogP contribution in [0.1, 0.15) is 57.6 Å². The lowest BCUT2D eigenvalue weighted by atomic mass is 9.93. The van der Waals surface area contributed by atoms with E-state index >= 15 is 0 Å². The fourth-order valence-electron chi connectivity index (χ4n) is 2.00. The molecule has 0 radical (unpaired) electrons. The summed E-state index contributed by atoms with van der Waals surface area (Å²) in [7, 11) is 0. The van der Waals surface area contributed by atoms with E-state index < -0.39 is 0 Å². The highest BCUT2D eigenvalue weighted by atomic mass is 14.9. The predicted molar refractivity (Wildman–Crippen MR) is 76.6 cm³/mol.